The van der Waals surface area contributed by atoms with Crippen LogP contribution in [0, 0.1) is 10.5 Å². The first-order valence-electron chi connectivity index (χ1n) is 6.36. The van der Waals surface area contributed by atoms with Gasteiger partial charge in [0.25, 0.3) is 0 Å². The molecule has 1 aromatic rings. The van der Waals surface area contributed by atoms with E-state index in [9.17, 15) is 0 Å². The lowest BCUT2D eigenvalue weighted by atomic mass is 10.0. The minimum absolute atomic E-state index is 1.10. The maximum absolute atomic E-state index is 3.87. The molecule has 0 N–H and O–H groups in total. The maximum Gasteiger partial charge on any atom is 0.0130 e. The molecule has 1 aromatic carbocycles. The van der Waals surface area contributed by atoms with Gasteiger partial charge >= 0.3 is 0 Å². The van der Waals surface area contributed by atoms with Crippen LogP contribution in [0.4, 0.5) is 0 Å². The van der Waals surface area contributed by atoms with Crippen LogP contribution in [-0.4, -0.2) is 0 Å². The zero-order valence-corrected chi connectivity index (χ0v) is 12.2. The van der Waals surface area contributed by atoms with E-state index in [1.54, 1.807) is 0 Å². The molecule has 1 rings (SSSR count). The Balaban J connectivity index is 2.01. The van der Waals surface area contributed by atoms with E-state index in [1.165, 1.54) is 54.1 Å². The molecule has 0 aliphatic carbocycles. The molecule has 0 nitrogen and oxygen atoms in total. The third-order valence-electron chi connectivity index (χ3n) is 2.88. The number of aryl methyl sites for hydroxylation is 1. The van der Waals surface area contributed by atoms with Crippen molar-refractivity contribution in [2.24, 2.45) is 0 Å². The van der Waals surface area contributed by atoms with Crippen molar-refractivity contribution in [3.05, 3.63) is 40.3 Å². The van der Waals surface area contributed by atoms with Gasteiger partial charge in [0.1, 0.15) is 0 Å². The molecule has 1 heteroatoms. The van der Waals surface area contributed by atoms with Crippen molar-refractivity contribution in [3.63, 3.8) is 0 Å². The molecule has 0 spiro atoms. The molecule has 0 atom stereocenters. The summed E-state index contributed by atoms with van der Waals surface area (Å²) in [6.07, 6.45) is 10.5. The van der Waals surface area contributed by atoms with Crippen molar-refractivity contribution in [1.82, 2.24) is 0 Å². The van der Waals surface area contributed by atoms with Crippen LogP contribution < -0.4 is 0 Å². The molecule has 0 aromatic heterocycles. The van der Waals surface area contributed by atoms with Crippen LogP contribution in [0.25, 0.3) is 0 Å². The van der Waals surface area contributed by atoms with Crippen LogP contribution in [0.3, 0.4) is 0 Å². The Morgan fingerprint density at radius 3 is 2.00 bits per heavy atom. The Hall–Kier alpha value is -0.0500. The molecule has 0 aliphatic heterocycles. The van der Waals surface area contributed by atoms with Crippen LogP contribution in [0.2, 0.25) is 0 Å². The van der Waals surface area contributed by atoms with Crippen LogP contribution in [0.1, 0.15) is 50.5 Å². The quantitative estimate of drug-likeness (QED) is 0.442. The number of unbranched alkanes of at least 4 members (excludes halogenated alkanes) is 6. The van der Waals surface area contributed by atoms with Crippen molar-refractivity contribution in [2.75, 3.05) is 0 Å². The van der Waals surface area contributed by atoms with Gasteiger partial charge in [0.15, 0.2) is 0 Å². The number of rotatable bonds is 8. The summed E-state index contributed by atoms with van der Waals surface area (Å²) in [7, 11) is 0. The Morgan fingerprint density at radius 2 is 1.38 bits per heavy atom. The molecule has 0 bridgehead atoms. The van der Waals surface area contributed by atoms with E-state index in [2.05, 4.69) is 53.8 Å². The van der Waals surface area contributed by atoms with E-state index < -0.39 is 0 Å². The average molecular weight is 329 g/mol. The number of halogens is 1. The smallest absolute Gasteiger partial charge is 0.0130 e. The van der Waals surface area contributed by atoms with Gasteiger partial charge in [-0.3, -0.25) is 0 Å². The van der Waals surface area contributed by atoms with Crippen molar-refractivity contribution >= 4 is 22.6 Å². The van der Waals surface area contributed by atoms with E-state index in [0.717, 1.165) is 6.42 Å². The normalized spacial score (nSPS) is 10.6. The minimum atomic E-state index is 1.10. The molecule has 0 fully saturated rings. The maximum atomic E-state index is 3.87. The Kier molecular flexibility index (Phi) is 7.91. The van der Waals surface area contributed by atoms with E-state index in [1.807, 2.05) is 0 Å². The predicted molar refractivity (Wildman–Crippen MR) is 80.5 cm³/mol. The molecule has 0 amide bonds. The molecule has 16 heavy (non-hydrogen) atoms. The highest BCUT2D eigenvalue weighted by Crippen LogP contribution is 2.12. The van der Waals surface area contributed by atoms with E-state index in [0.29, 0.717) is 0 Å². The Bertz CT molecular complexity index is 263. The number of hydrogen-bond acceptors (Lipinski definition) is 0. The van der Waals surface area contributed by atoms with Gasteiger partial charge in [-0.2, -0.15) is 0 Å². The molecule has 0 heterocycles. The summed E-state index contributed by atoms with van der Waals surface area (Å²) in [6.45, 7) is 3.87. The van der Waals surface area contributed by atoms with Crippen molar-refractivity contribution in [2.45, 2.75) is 51.4 Å². The Morgan fingerprint density at radius 1 is 0.812 bits per heavy atom. The fourth-order valence-corrected chi connectivity index (χ4v) is 2.22. The Labute approximate surface area is 114 Å². The van der Waals surface area contributed by atoms with Gasteiger partial charge in [-0.15, -0.1) is 0 Å². The summed E-state index contributed by atoms with van der Waals surface area (Å²) in [5, 5.41) is 0. The standard InChI is InChI=1S/C15H22I/c1-2-3-4-5-6-7-8-9-14-10-12-15(16)13-11-14/h10-13H,1-9H2. The zero-order chi connectivity index (χ0) is 11.6. The van der Waals surface area contributed by atoms with E-state index in [-0.39, 0.29) is 0 Å². The van der Waals surface area contributed by atoms with Gasteiger partial charge in [0.05, 0.1) is 0 Å². The van der Waals surface area contributed by atoms with E-state index >= 15 is 0 Å². The lowest BCUT2D eigenvalue weighted by Crippen LogP contribution is -1.86. The first-order chi connectivity index (χ1) is 7.83. The summed E-state index contributed by atoms with van der Waals surface area (Å²) in [4.78, 5) is 0. The second kappa shape index (κ2) is 9.03. The second-order valence-electron chi connectivity index (χ2n) is 4.35. The zero-order valence-electron chi connectivity index (χ0n) is 10.1. The van der Waals surface area contributed by atoms with Crippen LogP contribution in [0.15, 0.2) is 24.3 Å². The first kappa shape index (κ1) is 14.0. The molecule has 1 radical (unpaired) electrons. The van der Waals surface area contributed by atoms with Gasteiger partial charge in [-0.25, -0.2) is 0 Å². The summed E-state index contributed by atoms with van der Waals surface area (Å²) in [5.74, 6) is 0. The monoisotopic (exact) mass is 329 g/mol. The fraction of sp³-hybridized carbons (Fsp3) is 0.533. The van der Waals surface area contributed by atoms with Crippen molar-refractivity contribution in [3.8, 4) is 0 Å². The van der Waals surface area contributed by atoms with Crippen molar-refractivity contribution in [1.29, 1.82) is 0 Å². The molecule has 0 unspecified atom stereocenters. The lowest BCUT2D eigenvalue weighted by molar-refractivity contribution is 0.596. The topological polar surface area (TPSA) is 0 Å². The van der Waals surface area contributed by atoms with Gasteiger partial charge in [-0.1, -0.05) is 57.6 Å². The average Bonchev–Trinajstić information content (AvgIpc) is 2.30. The molecule has 0 aliphatic rings. The minimum Gasteiger partial charge on any atom is -0.0580 e. The summed E-state index contributed by atoms with van der Waals surface area (Å²) < 4.78 is 1.33. The molecule has 89 valence electrons. The highest BCUT2D eigenvalue weighted by Gasteiger charge is 1.94. The lowest BCUT2D eigenvalue weighted by Gasteiger charge is -2.02. The third-order valence-corrected chi connectivity index (χ3v) is 3.60. The van der Waals surface area contributed by atoms with Gasteiger partial charge < -0.3 is 0 Å². The number of hydrogen-bond donors (Lipinski definition) is 0. The highest BCUT2D eigenvalue weighted by atomic mass is 127. The van der Waals surface area contributed by atoms with Crippen LogP contribution in [-0.2, 0) is 6.42 Å². The SMILES string of the molecule is [CH2]CCCCCCCCc1ccc(I)cc1. The predicted octanol–water partition coefficient (Wildman–Crippen LogP) is 5.40. The molecular weight excluding hydrogens is 307 g/mol. The highest BCUT2D eigenvalue weighted by molar-refractivity contribution is 14.1. The van der Waals surface area contributed by atoms with Gasteiger partial charge in [-0.05, 0) is 53.1 Å². The first-order valence-corrected chi connectivity index (χ1v) is 7.44. The summed E-state index contributed by atoms with van der Waals surface area (Å²) in [5.41, 5.74) is 1.48. The van der Waals surface area contributed by atoms with Crippen LogP contribution in [0.5, 0.6) is 0 Å². The molecule has 0 saturated carbocycles. The number of benzene rings is 1. The molecule has 0 saturated heterocycles. The fourth-order valence-electron chi connectivity index (χ4n) is 1.86. The third kappa shape index (κ3) is 6.51. The van der Waals surface area contributed by atoms with E-state index in [4.69, 9.17) is 0 Å². The summed E-state index contributed by atoms with van der Waals surface area (Å²) in [6, 6.07) is 8.91. The van der Waals surface area contributed by atoms with Gasteiger partial charge in [0, 0.05) is 3.57 Å². The second-order valence-corrected chi connectivity index (χ2v) is 5.60. The molecular formula is C15H22I. The largest absolute Gasteiger partial charge is 0.0580 e. The summed E-state index contributed by atoms with van der Waals surface area (Å²) >= 11 is 2.36. The van der Waals surface area contributed by atoms with Crippen molar-refractivity contribution < 1.29 is 0 Å². The van der Waals surface area contributed by atoms with Crippen LogP contribution >= 0.6 is 22.6 Å². The van der Waals surface area contributed by atoms with Gasteiger partial charge in [0.2, 0.25) is 0 Å².